The second-order valence-electron chi connectivity index (χ2n) is 7.36. The summed E-state index contributed by atoms with van der Waals surface area (Å²) in [4.78, 5) is 28.5. The van der Waals surface area contributed by atoms with Crippen molar-refractivity contribution in [3.8, 4) is 17.3 Å². The number of nitrogens with one attached hydrogen (secondary N) is 2. The van der Waals surface area contributed by atoms with E-state index in [0.717, 1.165) is 5.69 Å². The fourth-order valence-electron chi connectivity index (χ4n) is 3.35. The predicted octanol–water partition coefficient (Wildman–Crippen LogP) is 5.74. The molecule has 3 heterocycles. The van der Waals surface area contributed by atoms with Crippen LogP contribution in [-0.2, 0) is 5.75 Å². The number of hydrogen-bond donors (Lipinski definition) is 2. The third kappa shape index (κ3) is 5.01. The number of benzene rings is 2. The number of H-pyrrole nitrogens is 1. The Morgan fingerprint density at radius 2 is 1.83 bits per heavy atom. The molecule has 0 radical (unpaired) electrons. The molecule has 0 saturated carbocycles. The predicted molar refractivity (Wildman–Crippen MR) is 140 cm³/mol. The minimum Gasteiger partial charge on any atom is -0.340 e. The Hall–Kier alpha value is -3.62. The molecule has 0 fully saturated rings. The van der Waals surface area contributed by atoms with Gasteiger partial charge in [-0.1, -0.05) is 46.6 Å². The van der Waals surface area contributed by atoms with Crippen molar-refractivity contribution in [1.82, 2.24) is 29.5 Å². The first kappa shape index (κ1) is 24.1. The molecular formula is C23H13Cl3N8OS. The quantitative estimate of drug-likeness (QED) is 0.201. The lowest BCUT2D eigenvalue weighted by atomic mass is 10.1. The van der Waals surface area contributed by atoms with Crippen LogP contribution in [-0.4, -0.2) is 29.5 Å². The molecule has 3 aromatic heterocycles. The van der Waals surface area contributed by atoms with Gasteiger partial charge in [-0.3, -0.25) is 4.79 Å². The number of fused-ring (bicyclic) bond motifs is 1. The molecule has 2 N–H and O–H groups in total. The first-order valence-corrected chi connectivity index (χ1v) is 12.4. The van der Waals surface area contributed by atoms with Gasteiger partial charge in [0.25, 0.3) is 11.3 Å². The van der Waals surface area contributed by atoms with E-state index in [4.69, 9.17) is 34.8 Å². The van der Waals surface area contributed by atoms with Crippen LogP contribution in [0.25, 0.3) is 17.0 Å². The zero-order valence-corrected chi connectivity index (χ0v) is 21.1. The number of hydrogen-bond acceptors (Lipinski definition) is 8. The van der Waals surface area contributed by atoms with Crippen LogP contribution in [0.15, 0.2) is 64.8 Å². The van der Waals surface area contributed by atoms with E-state index in [0.29, 0.717) is 43.8 Å². The molecule has 9 nitrogen and oxygen atoms in total. The van der Waals surface area contributed by atoms with Crippen LogP contribution in [0, 0.1) is 11.3 Å². The molecule has 0 spiro atoms. The second-order valence-corrected chi connectivity index (χ2v) is 9.60. The first-order valence-electron chi connectivity index (χ1n) is 10.3. The van der Waals surface area contributed by atoms with Gasteiger partial charge >= 0.3 is 0 Å². The monoisotopic (exact) mass is 554 g/mol. The number of nitriles is 1. The van der Waals surface area contributed by atoms with Crippen molar-refractivity contribution in [2.45, 2.75) is 10.9 Å². The Balaban J connectivity index is 1.46. The number of rotatable bonds is 6. The third-order valence-electron chi connectivity index (χ3n) is 4.97. The summed E-state index contributed by atoms with van der Waals surface area (Å²) in [6, 6.07) is 15.7. The summed E-state index contributed by atoms with van der Waals surface area (Å²) >= 11 is 19.5. The van der Waals surface area contributed by atoms with Gasteiger partial charge in [-0.15, -0.1) is 0 Å². The van der Waals surface area contributed by atoms with Gasteiger partial charge in [0.05, 0.1) is 16.4 Å². The average Bonchev–Trinajstić information content (AvgIpc) is 3.33. The first-order chi connectivity index (χ1) is 17.4. The van der Waals surface area contributed by atoms with Gasteiger partial charge in [0.2, 0.25) is 0 Å². The molecule has 5 aromatic rings. The lowest BCUT2D eigenvalue weighted by Crippen LogP contribution is -2.15. The van der Waals surface area contributed by atoms with Gasteiger partial charge in [0, 0.05) is 33.1 Å². The highest BCUT2D eigenvalue weighted by molar-refractivity contribution is 7.98. The van der Waals surface area contributed by atoms with Gasteiger partial charge in [0.15, 0.2) is 5.16 Å². The molecule has 0 aliphatic heterocycles. The fraction of sp³-hybridized carbons (Fsp3) is 0.0435. The number of thioether (sulfide) groups is 1. The Morgan fingerprint density at radius 1 is 1.06 bits per heavy atom. The number of aromatic amines is 1. The molecule has 0 bridgehead atoms. The molecule has 5 rings (SSSR count). The molecule has 0 saturated heterocycles. The molecule has 2 aromatic carbocycles. The molecule has 0 aliphatic rings. The largest absolute Gasteiger partial charge is 0.340 e. The van der Waals surface area contributed by atoms with Crippen molar-refractivity contribution >= 4 is 63.8 Å². The van der Waals surface area contributed by atoms with E-state index in [2.05, 4.69) is 30.4 Å². The van der Waals surface area contributed by atoms with Gasteiger partial charge in [0.1, 0.15) is 23.8 Å². The maximum absolute atomic E-state index is 12.6. The number of anilines is 2. The molecule has 0 amide bonds. The summed E-state index contributed by atoms with van der Waals surface area (Å²) in [5.74, 6) is 1.39. The maximum atomic E-state index is 12.6. The SMILES string of the molecule is N#Cc1c(-c2ccc(Cl)cc2Cl)nc(SCc2cc(Nc3ccc(Cl)cc3)n3ncnc3n2)[nH]c1=O. The second kappa shape index (κ2) is 10.2. The van der Waals surface area contributed by atoms with Crippen LogP contribution in [0.1, 0.15) is 11.3 Å². The number of nitrogens with zero attached hydrogens (tertiary/aromatic N) is 6. The van der Waals surface area contributed by atoms with E-state index in [-0.39, 0.29) is 16.3 Å². The average molecular weight is 556 g/mol. The van der Waals surface area contributed by atoms with Crippen molar-refractivity contribution in [3.63, 3.8) is 0 Å². The Labute approximate surface area is 223 Å². The topological polar surface area (TPSA) is 125 Å². The molecule has 178 valence electrons. The Kier molecular flexibility index (Phi) is 6.80. The number of halogens is 3. The molecule has 0 aliphatic carbocycles. The third-order valence-corrected chi connectivity index (χ3v) is 6.68. The molecule has 0 unspecified atom stereocenters. The summed E-state index contributed by atoms with van der Waals surface area (Å²) in [5, 5.41) is 18.7. The lowest BCUT2D eigenvalue weighted by Gasteiger charge is -2.11. The van der Waals surface area contributed by atoms with Crippen molar-refractivity contribution < 1.29 is 0 Å². The minimum absolute atomic E-state index is 0.138. The minimum atomic E-state index is -0.568. The summed E-state index contributed by atoms with van der Waals surface area (Å²) in [6.45, 7) is 0. The van der Waals surface area contributed by atoms with Crippen LogP contribution < -0.4 is 10.9 Å². The van der Waals surface area contributed by atoms with Gasteiger partial charge < -0.3 is 10.3 Å². The van der Waals surface area contributed by atoms with E-state index in [1.54, 1.807) is 28.8 Å². The summed E-state index contributed by atoms with van der Waals surface area (Å²) in [6.07, 6.45) is 1.41. The van der Waals surface area contributed by atoms with Gasteiger partial charge in [-0.2, -0.15) is 19.9 Å². The van der Waals surface area contributed by atoms with Gasteiger partial charge in [-0.05, 0) is 42.5 Å². The Morgan fingerprint density at radius 3 is 2.58 bits per heavy atom. The zero-order valence-electron chi connectivity index (χ0n) is 18.0. The highest BCUT2D eigenvalue weighted by Gasteiger charge is 2.17. The molecule has 36 heavy (non-hydrogen) atoms. The Bertz CT molecular complexity index is 1700. The molecule has 0 atom stereocenters. The molecular weight excluding hydrogens is 543 g/mol. The summed E-state index contributed by atoms with van der Waals surface area (Å²) in [5.41, 5.74) is 1.38. The molecule has 13 heteroatoms. The van der Waals surface area contributed by atoms with Crippen LogP contribution in [0.2, 0.25) is 15.1 Å². The van der Waals surface area contributed by atoms with Crippen molar-refractivity contribution in [2.24, 2.45) is 0 Å². The zero-order chi connectivity index (χ0) is 25.2. The van der Waals surface area contributed by atoms with E-state index in [1.807, 2.05) is 24.3 Å². The van der Waals surface area contributed by atoms with Crippen molar-refractivity contribution in [3.05, 3.63) is 91.5 Å². The smallest absolute Gasteiger partial charge is 0.270 e. The van der Waals surface area contributed by atoms with Crippen molar-refractivity contribution in [1.29, 1.82) is 5.26 Å². The highest BCUT2D eigenvalue weighted by atomic mass is 35.5. The standard InChI is InChI=1S/C23H13Cl3N8OS/c24-12-1-4-14(5-2-12)30-19-8-15(31-22-28-11-29-34(19)22)10-36-23-32-20(17(9-27)21(35)33-23)16-6-3-13(25)7-18(16)26/h1-8,11,30H,10H2,(H,32,33,35). The fourth-order valence-corrected chi connectivity index (χ4v) is 4.73. The lowest BCUT2D eigenvalue weighted by molar-refractivity contribution is 0.924. The van der Waals surface area contributed by atoms with Crippen LogP contribution >= 0.6 is 46.6 Å². The van der Waals surface area contributed by atoms with Crippen molar-refractivity contribution in [2.75, 3.05) is 5.32 Å². The summed E-state index contributed by atoms with van der Waals surface area (Å²) in [7, 11) is 0. The van der Waals surface area contributed by atoms with E-state index in [1.165, 1.54) is 24.2 Å². The highest BCUT2D eigenvalue weighted by Crippen LogP contribution is 2.31. The maximum Gasteiger partial charge on any atom is 0.270 e. The van der Waals surface area contributed by atoms with E-state index < -0.39 is 5.56 Å². The normalized spacial score (nSPS) is 10.9. The van der Waals surface area contributed by atoms with E-state index >= 15 is 0 Å². The van der Waals surface area contributed by atoms with Crippen LogP contribution in [0.3, 0.4) is 0 Å². The van der Waals surface area contributed by atoms with Gasteiger partial charge in [-0.25, -0.2) is 9.97 Å². The number of aromatic nitrogens is 6. The van der Waals surface area contributed by atoms with Crippen LogP contribution in [0.4, 0.5) is 11.5 Å². The van der Waals surface area contributed by atoms with E-state index in [9.17, 15) is 10.1 Å². The van der Waals surface area contributed by atoms with Crippen LogP contribution in [0.5, 0.6) is 0 Å². The summed E-state index contributed by atoms with van der Waals surface area (Å²) < 4.78 is 1.57.